The first-order valence-electron chi connectivity index (χ1n) is 3.95. The molecule has 0 aliphatic heterocycles. The molecule has 0 saturated heterocycles. The molecule has 0 aliphatic rings. The van der Waals surface area contributed by atoms with Gasteiger partial charge >= 0.3 is 5.97 Å². The molecule has 1 heterocycles. The van der Waals surface area contributed by atoms with Crippen molar-refractivity contribution in [2.45, 2.75) is 13.3 Å². The average Bonchev–Trinajstić information content (AvgIpc) is 2.16. The molecular formula is C9H11NO3. The average molecular weight is 181 g/mol. The molecule has 4 nitrogen and oxygen atoms in total. The fourth-order valence-electron chi connectivity index (χ4n) is 1.05. The first kappa shape index (κ1) is 9.51. The van der Waals surface area contributed by atoms with Crippen molar-refractivity contribution in [1.29, 1.82) is 0 Å². The van der Waals surface area contributed by atoms with E-state index < -0.39 is 5.97 Å². The van der Waals surface area contributed by atoms with E-state index in [0.717, 1.165) is 5.56 Å². The van der Waals surface area contributed by atoms with E-state index in [1.54, 1.807) is 6.07 Å². The molecule has 0 bridgehead atoms. The van der Waals surface area contributed by atoms with Crippen molar-refractivity contribution < 1.29 is 14.6 Å². The van der Waals surface area contributed by atoms with E-state index in [0.29, 0.717) is 12.3 Å². The zero-order valence-corrected chi connectivity index (χ0v) is 7.57. The van der Waals surface area contributed by atoms with Gasteiger partial charge in [-0.25, -0.2) is 9.78 Å². The summed E-state index contributed by atoms with van der Waals surface area (Å²) in [6.45, 7) is 1.92. The summed E-state index contributed by atoms with van der Waals surface area (Å²) in [4.78, 5) is 14.5. The Morgan fingerprint density at radius 1 is 1.69 bits per heavy atom. The number of rotatable bonds is 3. The van der Waals surface area contributed by atoms with Gasteiger partial charge in [-0.3, -0.25) is 0 Å². The summed E-state index contributed by atoms with van der Waals surface area (Å²) in [6, 6.07) is 1.58. The van der Waals surface area contributed by atoms with Crippen molar-refractivity contribution in [1.82, 2.24) is 4.98 Å². The summed E-state index contributed by atoms with van der Waals surface area (Å²) in [6.07, 6.45) is 2.00. The second-order valence-electron chi connectivity index (χ2n) is 2.55. The van der Waals surface area contributed by atoms with Crippen LogP contribution in [0.5, 0.6) is 5.88 Å². The Balaban J connectivity index is 3.13. The summed E-state index contributed by atoms with van der Waals surface area (Å²) in [5, 5.41) is 8.69. The number of carboxylic acid groups (broad SMARTS) is 1. The highest BCUT2D eigenvalue weighted by Crippen LogP contribution is 2.16. The summed E-state index contributed by atoms with van der Waals surface area (Å²) in [7, 11) is 1.52. The van der Waals surface area contributed by atoms with Gasteiger partial charge in [-0.2, -0.15) is 0 Å². The molecule has 4 heteroatoms. The molecule has 0 fully saturated rings. The quantitative estimate of drug-likeness (QED) is 0.764. The van der Waals surface area contributed by atoms with Gasteiger partial charge < -0.3 is 9.84 Å². The minimum Gasteiger partial charge on any atom is -0.481 e. The van der Waals surface area contributed by atoms with E-state index >= 15 is 0 Å². The Kier molecular flexibility index (Phi) is 2.84. The van der Waals surface area contributed by atoms with Crippen LogP contribution < -0.4 is 4.74 Å². The molecule has 0 aromatic carbocycles. The van der Waals surface area contributed by atoms with E-state index in [1.165, 1.54) is 13.3 Å². The molecule has 1 aromatic heterocycles. The van der Waals surface area contributed by atoms with E-state index in [-0.39, 0.29) is 5.56 Å². The molecule has 70 valence electrons. The van der Waals surface area contributed by atoms with Gasteiger partial charge in [-0.1, -0.05) is 6.92 Å². The van der Waals surface area contributed by atoms with Crippen molar-refractivity contribution in [3.05, 3.63) is 23.4 Å². The summed E-state index contributed by atoms with van der Waals surface area (Å²) < 4.78 is 4.97. The molecule has 1 N–H and O–H groups in total. The Morgan fingerprint density at radius 2 is 2.38 bits per heavy atom. The topological polar surface area (TPSA) is 59.4 Å². The number of hydrogen-bond acceptors (Lipinski definition) is 3. The lowest BCUT2D eigenvalue weighted by molar-refractivity contribution is 0.0696. The summed E-state index contributed by atoms with van der Waals surface area (Å²) in [5.74, 6) is -0.475. The third kappa shape index (κ3) is 1.96. The highest BCUT2D eigenvalue weighted by Gasteiger charge is 2.08. The van der Waals surface area contributed by atoms with Crippen LogP contribution in [0.1, 0.15) is 22.8 Å². The molecule has 0 unspecified atom stereocenters. The monoisotopic (exact) mass is 181 g/mol. The lowest BCUT2D eigenvalue weighted by Gasteiger charge is -2.05. The fourth-order valence-corrected chi connectivity index (χ4v) is 1.05. The van der Waals surface area contributed by atoms with Crippen LogP contribution in [0.25, 0.3) is 0 Å². The Bertz CT molecular complexity index is 323. The fraction of sp³-hybridized carbons (Fsp3) is 0.333. The number of pyridine rings is 1. The predicted octanol–water partition coefficient (Wildman–Crippen LogP) is 1.35. The molecule has 0 aliphatic carbocycles. The molecular weight excluding hydrogens is 170 g/mol. The highest BCUT2D eigenvalue weighted by atomic mass is 16.5. The minimum atomic E-state index is -0.968. The van der Waals surface area contributed by atoms with E-state index in [1.807, 2.05) is 6.92 Å². The number of aromatic carboxylic acids is 1. The van der Waals surface area contributed by atoms with Gasteiger partial charge in [0.05, 0.1) is 12.7 Å². The van der Waals surface area contributed by atoms with Gasteiger partial charge in [-0.15, -0.1) is 0 Å². The predicted molar refractivity (Wildman–Crippen MR) is 47.1 cm³/mol. The lowest BCUT2D eigenvalue weighted by atomic mass is 10.1. The summed E-state index contributed by atoms with van der Waals surface area (Å²) in [5.41, 5.74) is 1.00. The van der Waals surface area contributed by atoms with Crippen molar-refractivity contribution in [3.63, 3.8) is 0 Å². The maximum Gasteiger partial charge on any atom is 0.337 e. The number of aromatic nitrogens is 1. The van der Waals surface area contributed by atoms with Crippen molar-refractivity contribution >= 4 is 5.97 Å². The van der Waals surface area contributed by atoms with Crippen LogP contribution in [0, 0.1) is 0 Å². The third-order valence-electron chi connectivity index (χ3n) is 1.75. The number of methoxy groups -OCH3 is 1. The first-order chi connectivity index (χ1) is 6.19. The van der Waals surface area contributed by atoms with Crippen molar-refractivity contribution in [3.8, 4) is 5.88 Å². The Morgan fingerprint density at radius 3 is 2.85 bits per heavy atom. The van der Waals surface area contributed by atoms with Crippen LogP contribution in [-0.4, -0.2) is 23.2 Å². The second kappa shape index (κ2) is 3.89. The lowest BCUT2D eigenvalue weighted by Crippen LogP contribution is -2.01. The molecule has 1 aromatic rings. The maximum atomic E-state index is 10.6. The highest BCUT2D eigenvalue weighted by molar-refractivity contribution is 5.87. The van der Waals surface area contributed by atoms with Gasteiger partial charge in [0.2, 0.25) is 5.88 Å². The van der Waals surface area contributed by atoms with E-state index in [9.17, 15) is 4.79 Å². The number of aryl methyl sites for hydroxylation is 1. The molecule has 0 atom stereocenters. The van der Waals surface area contributed by atoms with Crippen LogP contribution in [0.4, 0.5) is 0 Å². The largest absolute Gasteiger partial charge is 0.481 e. The second-order valence-corrected chi connectivity index (χ2v) is 2.55. The SMILES string of the molecule is CCc1cc(C(=O)O)cnc1OC. The van der Waals surface area contributed by atoms with Crippen LogP contribution in [0.15, 0.2) is 12.3 Å². The van der Waals surface area contributed by atoms with Crippen LogP contribution in [-0.2, 0) is 6.42 Å². The van der Waals surface area contributed by atoms with Gasteiger partial charge in [-0.05, 0) is 12.5 Å². The number of carbonyl (C=O) groups is 1. The number of hydrogen-bond donors (Lipinski definition) is 1. The zero-order chi connectivity index (χ0) is 9.84. The first-order valence-corrected chi connectivity index (χ1v) is 3.95. The van der Waals surface area contributed by atoms with Gasteiger partial charge in [0.25, 0.3) is 0 Å². The van der Waals surface area contributed by atoms with Gasteiger partial charge in [0.1, 0.15) is 0 Å². The smallest absolute Gasteiger partial charge is 0.337 e. The molecule has 0 saturated carbocycles. The van der Waals surface area contributed by atoms with Crippen LogP contribution in [0.2, 0.25) is 0 Å². The molecule has 0 radical (unpaired) electrons. The normalized spacial score (nSPS) is 9.69. The zero-order valence-electron chi connectivity index (χ0n) is 7.57. The maximum absolute atomic E-state index is 10.6. The minimum absolute atomic E-state index is 0.192. The van der Waals surface area contributed by atoms with Crippen LogP contribution >= 0.6 is 0 Å². The summed E-state index contributed by atoms with van der Waals surface area (Å²) >= 11 is 0. The van der Waals surface area contributed by atoms with Crippen molar-refractivity contribution in [2.75, 3.05) is 7.11 Å². The Labute approximate surface area is 76.2 Å². The molecule has 13 heavy (non-hydrogen) atoms. The van der Waals surface area contributed by atoms with Gasteiger partial charge in [0.15, 0.2) is 0 Å². The van der Waals surface area contributed by atoms with E-state index in [2.05, 4.69) is 4.98 Å². The van der Waals surface area contributed by atoms with Gasteiger partial charge in [0, 0.05) is 11.8 Å². The Hall–Kier alpha value is -1.58. The number of nitrogens with zero attached hydrogens (tertiary/aromatic N) is 1. The molecule has 1 rings (SSSR count). The number of ether oxygens (including phenoxy) is 1. The molecule has 0 spiro atoms. The standard InChI is InChI=1S/C9H11NO3/c1-3-6-4-7(9(11)12)5-10-8(6)13-2/h4-5H,3H2,1-2H3,(H,11,12). The third-order valence-corrected chi connectivity index (χ3v) is 1.75. The molecule has 0 amide bonds. The number of carboxylic acids is 1. The van der Waals surface area contributed by atoms with Crippen LogP contribution in [0.3, 0.4) is 0 Å². The van der Waals surface area contributed by atoms with E-state index in [4.69, 9.17) is 9.84 Å². The van der Waals surface area contributed by atoms with Crippen molar-refractivity contribution in [2.24, 2.45) is 0 Å².